The van der Waals surface area contributed by atoms with Crippen LogP contribution in [0.2, 0.25) is 0 Å². The monoisotopic (exact) mass is 340 g/mol. The van der Waals surface area contributed by atoms with E-state index < -0.39 is 0 Å². The molecule has 2 fully saturated rings. The van der Waals surface area contributed by atoms with E-state index >= 15 is 0 Å². The van der Waals surface area contributed by atoms with Gasteiger partial charge in [0.25, 0.3) is 0 Å². The second-order valence-corrected chi connectivity index (χ2v) is 7.37. The molecule has 0 radical (unpaired) electrons. The van der Waals surface area contributed by atoms with Crippen LogP contribution in [0.4, 0.5) is 0 Å². The number of aliphatic imine (C=N–C) groups is 1. The van der Waals surface area contributed by atoms with Gasteiger partial charge in [-0.1, -0.05) is 18.2 Å². The van der Waals surface area contributed by atoms with Crippen molar-refractivity contribution in [3.05, 3.63) is 36.5 Å². The third kappa shape index (κ3) is 3.38. The van der Waals surface area contributed by atoms with Gasteiger partial charge in [0.1, 0.15) is 0 Å². The highest BCUT2D eigenvalue weighted by atomic mass is 16.5. The van der Waals surface area contributed by atoms with Crippen molar-refractivity contribution in [3.63, 3.8) is 0 Å². The van der Waals surface area contributed by atoms with E-state index in [1.165, 1.54) is 23.7 Å². The minimum Gasteiger partial charge on any atom is -0.381 e. The van der Waals surface area contributed by atoms with Gasteiger partial charge >= 0.3 is 0 Å². The van der Waals surface area contributed by atoms with Gasteiger partial charge in [-0.2, -0.15) is 0 Å². The smallest absolute Gasteiger partial charge is 0.193 e. The molecule has 5 heteroatoms. The summed E-state index contributed by atoms with van der Waals surface area (Å²) in [5.41, 5.74) is 1.69. The van der Waals surface area contributed by atoms with Gasteiger partial charge in [-0.25, -0.2) is 0 Å². The van der Waals surface area contributed by atoms with Crippen LogP contribution in [0.25, 0.3) is 10.9 Å². The van der Waals surface area contributed by atoms with Crippen LogP contribution in [0, 0.1) is 5.41 Å². The van der Waals surface area contributed by atoms with Gasteiger partial charge in [0.05, 0.1) is 6.61 Å². The van der Waals surface area contributed by atoms with Crippen LogP contribution in [0.1, 0.15) is 19.3 Å². The fraction of sp³-hybridized carbons (Fsp3) is 0.550. The summed E-state index contributed by atoms with van der Waals surface area (Å²) in [6.45, 7) is 5.97. The SMILES string of the molecule is CN=C(NCCCn1ccc2ccccc21)N1CCC2(CCOC2)C1. The highest BCUT2D eigenvalue weighted by molar-refractivity contribution is 5.80. The lowest BCUT2D eigenvalue weighted by Crippen LogP contribution is -2.41. The zero-order chi connectivity index (χ0) is 17.1. The number of guanidine groups is 1. The maximum absolute atomic E-state index is 5.63. The average molecular weight is 340 g/mol. The maximum Gasteiger partial charge on any atom is 0.193 e. The Morgan fingerprint density at radius 3 is 3.04 bits per heavy atom. The number of aromatic nitrogens is 1. The van der Waals surface area contributed by atoms with Crippen molar-refractivity contribution < 1.29 is 4.74 Å². The first-order valence-corrected chi connectivity index (χ1v) is 9.37. The molecule has 1 spiro atoms. The highest BCUT2D eigenvalue weighted by Crippen LogP contribution is 2.38. The first-order chi connectivity index (χ1) is 12.3. The lowest BCUT2D eigenvalue weighted by molar-refractivity contribution is 0.156. The summed E-state index contributed by atoms with van der Waals surface area (Å²) in [7, 11) is 1.89. The van der Waals surface area contributed by atoms with Crippen LogP contribution in [0.5, 0.6) is 0 Å². The Hall–Kier alpha value is -2.01. The Morgan fingerprint density at radius 2 is 2.20 bits per heavy atom. The average Bonchev–Trinajstić information content (AvgIpc) is 3.37. The minimum atomic E-state index is 0.377. The van der Waals surface area contributed by atoms with E-state index in [4.69, 9.17) is 4.74 Å². The summed E-state index contributed by atoms with van der Waals surface area (Å²) in [6.07, 6.45) is 5.69. The number of ether oxygens (including phenoxy) is 1. The van der Waals surface area contributed by atoms with Crippen molar-refractivity contribution in [2.45, 2.75) is 25.8 Å². The Kier molecular flexibility index (Phi) is 4.66. The Morgan fingerprint density at radius 1 is 1.28 bits per heavy atom. The van der Waals surface area contributed by atoms with Crippen LogP contribution in [0.3, 0.4) is 0 Å². The molecule has 0 bridgehead atoms. The molecule has 3 heterocycles. The van der Waals surface area contributed by atoms with Crippen LogP contribution in [0.15, 0.2) is 41.5 Å². The molecule has 1 atom stereocenters. The first kappa shape index (κ1) is 16.5. The van der Waals surface area contributed by atoms with E-state index in [1.807, 2.05) is 7.05 Å². The van der Waals surface area contributed by atoms with Gasteiger partial charge in [-0.05, 0) is 36.8 Å². The molecule has 1 unspecified atom stereocenters. The number of fused-ring (bicyclic) bond motifs is 1. The molecule has 4 rings (SSSR count). The van der Waals surface area contributed by atoms with Crippen molar-refractivity contribution in [1.29, 1.82) is 0 Å². The number of nitrogens with zero attached hydrogens (tertiary/aromatic N) is 3. The number of rotatable bonds is 4. The largest absolute Gasteiger partial charge is 0.381 e. The molecule has 0 saturated carbocycles. The standard InChI is InChI=1S/C20H28N4O/c1-21-19(24-13-8-20(15-24)9-14-25-16-20)22-10-4-11-23-12-7-17-5-2-3-6-18(17)23/h2-3,5-7,12H,4,8-11,13-16H2,1H3,(H,21,22). The van der Waals surface area contributed by atoms with E-state index in [1.54, 1.807) is 0 Å². The number of benzene rings is 1. The Balaban J connectivity index is 1.27. The van der Waals surface area contributed by atoms with Crippen LogP contribution < -0.4 is 5.32 Å². The summed E-state index contributed by atoms with van der Waals surface area (Å²) in [6, 6.07) is 10.7. The molecule has 0 aliphatic carbocycles. The van der Waals surface area contributed by atoms with Crippen molar-refractivity contribution in [1.82, 2.24) is 14.8 Å². The Bertz CT molecular complexity index is 745. The number of para-hydroxylation sites is 1. The molecule has 0 amide bonds. The molecule has 1 aromatic carbocycles. The van der Waals surface area contributed by atoms with Crippen molar-refractivity contribution in [2.24, 2.45) is 10.4 Å². The molecular weight excluding hydrogens is 312 g/mol. The van der Waals surface area contributed by atoms with E-state index in [0.29, 0.717) is 5.41 Å². The molecule has 2 saturated heterocycles. The molecule has 1 aromatic heterocycles. The van der Waals surface area contributed by atoms with Gasteiger partial charge in [0.15, 0.2) is 5.96 Å². The van der Waals surface area contributed by atoms with Gasteiger partial charge in [-0.15, -0.1) is 0 Å². The van der Waals surface area contributed by atoms with Crippen molar-refractivity contribution in [2.75, 3.05) is 39.9 Å². The van der Waals surface area contributed by atoms with Gasteiger partial charge in [0.2, 0.25) is 0 Å². The third-order valence-corrected chi connectivity index (χ3v) is 5.67. The quantitative estimate of drug-likeness (QED) is 0.529. The fourth-order valence-corrected chi connectivity index (χ4v) is 4.20. The number of nitrogens with one attached hydrogen (secondary N) is 1. The van der Waals surface area contributed by atoms with Gasteiger partial charge in [-0.3, -0.25) is 4.99 Å². The predicted octanol–water partition coefficient (Wildman–Crippen LogP) is 2.72. The van der Waals surface area contributed by atoms with E-state index in [9.17, 15) is 0 Å². The second-order valence-electron chi connectivity index (χ2n) is 7.37. The summed E-state index contributed by atoms with van der Waals surface area (Å²) in [5, 5.41) is 4.86. The van der Waals surface area contributed by atoms with Crippen LogP contribution in [-0.4, -0.2) is 55.3 Å². The van der Waals surface area contributed by atoms with Crippen molar-refractivity contribution in [3.8, 4) is 0 Å². The normalized spacial score (nSPS) is 23.9. The highest BCUT2D eigenvalue weighted by Gasteiger charge is 2.42. The number of likely N-dealkylation sites (tertiary alicyclic amines) is 1. The van der Waals surface area contributed by atoms with E-state index in [0.717, 1.165) is 51.8 Å². The molecule has 134 valence electrons. The van der Waals surface area contributed by atoms with Crippen LogP contribution >= 0.6 is 0 Å². The first-order valence-electron chi connectivity index (χ1n) is 9.37. The molecule has 1 N–H and O–H groups in total. The maximum atomic E-state index is 5.63. The molecule has 25 heavy (non-hydrogen) atoms. The number of aryl methyl sites for hydroxylation is 1. The number of hydrogen-bond acceptors (Lipinski definition) is 2. The summed E-state index contributed by atoms with van der Waals surface area (Å²) >= 11 is 0. The van der Waals surface area contributed by atoms with E-state index in [-0.39, 0.29) is 0 Å². The second kappa shape index (κ2) is 7.08. The molecule has 2 aliphatic heterocycles. The summed E-state index contributed by atoms with van der Waals surface area (Å²) < 4.78 is 7.96. The molecule has 2 aromatic rings. The summed E-state index contributed by atoms with van der Waals surface area (Å²) in [4.78, 5) is 6.90. The predicted molar refractivity (Wildman–Crippen MR) is 102 cm³/mol. The minimum absolute atomic E-state index is 0.377. The van der Waals surface area contributed by atoms with Gasteiger partial charge < -0.3 is 19.5 Å². The van der Waals surface area contributed by atoms with E-state index in [2.05, 4.69) is 56.3 Å². The Labute approximate surface area is 149 Å². The molecule has 5 nitrogen and oxygen atoms in total. The number of hydrogen-bond donors (Lipinski definition) is 1. The zero-order valence-electron chi connectivity index (χ0n) is 15.1. The van der Waals surface area contributed by atoms with Crippen molar-refractivity contribution >= 4 is 16.9 Å². The molecule has 2 aliphatic rings. The molecular formula is C20H28N4O. The summed E-state index contributed by atoms with van der Waals surface area (Å²) in [5.74, 6) is 1.04. The van der Waals surface area contributed by atoms with Crippen LogP contribution in [-0.2, 0) is 11.3 Å². The third-order valence-electron chi connectivity index (χ3n) is 5.67. The van der Waals surface area contributed by atoms with Gasteiger partial charge in [0, 0.05) is 57.0 Å². The lowest BCUT2D eigenvalue weighted by Gasteiger charge is -2.25. The lowest BCUT2D eigenvalue weighted by atomic mass is 9.87. The zero-order valence-corrected chi connectivity index (χ0v) is 15.1. The topological polar surface area (TPSA) is 41.8 Å². The fourth-order valence-electron chi connectivity index (χ4n) is 4.20.